The van der Waals surface area contributed by atoms with Gasteiger partial charge in [0.05, 0.1) is 24.3 Å². The van der Waals surface area contributed by atoms with Crippen LogP contribution in [0.4, 0.5) is 5.69 Å². The van der Waals surface area contributed by atoms with Gasteiger partial charge in [0.15, 0.2) is 6.61 Å². The lowest BCUT2D eigenvalue weighted by molar-refractivity contribution is -0.118. The molecule has 1 amide bonds. The zero-order valence-corrected chi connectivity index (χ0v) is 12.4. The first-order chi connectivity index (χ1) is 11.1. The number of hydrogen-bond acceptors (Lipinski definition) is 5. The molecule has 0 aliphatic heterocycles. The van der Waals surface area contributed by atoms with Gasteiger partial charge in [0.1, 0.15) is 5.75 Å². The molecule has 0 aliphatic rings. The molecule has 0 saturated heterocycles. The van der Waals surface area contributed by atoms with Gasteiger partial charge in [0, 0.05) is 5.69 Å². The van der Waals surface area contributed by atoms with E-state index in [1.807, 2.05) is 6.07 Å². The molecular weight excluding hydrogens is 296 g/mol. The van der Waals surface area contributed by atoms with Gasteiger partial charge in [0.25, 0.3) is 5.91 Å². The number of ether oxygens (including phenoxy) is 2. The van der Waals surface area contributed by atoms with E-state index in [0.717, 1.165) is 0 Å². The minimum absolute atomic E-state index is 0.211. The van der Waals surface area contributed by atoms with Crippen molar-refractivity contribution in [2.24, 2.45) is 0 Å². The molecule has 0 unspecified atom stereocenters. The van der Waals surface area contributed by atoms with Crippen molar-refractivity contribution >= 4 is 17.6 Å². The smallest absolute Gasteiger partial charge is 0.337 e. The van der Waals surface area contributed by atoms with Gasteiger partial charge in [-0.2, -0.15) is 5.26 Å². The number of carbonyl (C=O) groups is 2. The fourth-order valence-electron chi connectivity index (χ4n) is 1.84. The van der Waals surface area contributed by atoms with Crippen molar-refractivity contribution in [3.63, 3.8) is 0 Å². The number of methoxy groups -OCH3 is 1. The third kappa shape index (κ3) is 4.58. The Morgan fingerprint density at radius 1 is 1.17 bits per heavy atom. The number of esters is 1. The van der Waals surface area contributed by atoms with Crippen molar-refractivity contribution in [2.45, 2.75) is 0 Å². The van der Waals surface area contributed by atoms with Gasteiger partial charge >= 0.3 is 5.97 Å². The molecule has 1 N–H and O–H groups in total. The van der Waals surface area contributed by atoms with Crippen molar-refractivity contribution in [3.8, 4) is 11.8 Å². The van der Waals surface area contributed by atoms with Gasteiger partial charge in [-0.05, 0) is 36.4 Å². The molecule has 6 nitrogen and oxygen atoms in total. The number of nitrogens with zero attached hydrogens (tertiary/aromatic N) is 1. The Bertz CT molecular complexity index is 765. The Balaban J connectivity index is 1.94. The fourth-order valence-corrected chi connectivity index (χ4v) is 1.84. The third-order valence-corrected chi connectivity index (χ3v) is 2.90. The molecule has 2 aromatic carbocycles. The minimum atomic E-state index is -0.481. The van der Waals surface area contributed by atoms with Gasteiger partial charge in [-0.3, -0.25) is 4.79 Å². The standard InChI is InChI=1S/C17H14N2O4/c1-22-17(21)13-5-3-6-14(9-13)19-16(20)11-23-15-7-2-4-12(8-15)10-18/h2-9H,11H2,1H3,(H,19,20). The van der Waals surface area contributed by atoms with Gasteiger partial charge < -0.3 is 14.8 Å². The first-order valence-corrected chi connectivity index (χ1v) is 6.73. The maximum atomic E-state index is 11.9. The van der Waals surface area contributed by atoms with Crippen LogP contribution < -0.4 is 10.1 Å². The van der Waals surface area contributed by atoms with Crippen molar-refractivity contribution in [1.82, 2.24) is 0 Å². The largest absolute Gasteiger partial charge is 0.484 e. The summed E-state index contributed by atoms with van der Waals surface area (Å²) in [5.74, 6) is -0.428. The summed E-state index contributed by atoms with van der Waals surface area (Å²) in [6.07, 6.45) is 0. The van der Waals surface area contributed by atoms with Crippen LogP contribution in [0.15, 0.2) is 48.5 Å². The fraction of sp³-hybridized carbons (Fsp3) is 0.118. The topological polar surface area (TPSA) is 88.4 Å². The van der Waals surface area contributed by atoms with Crippen LogP contribution in [0.2, 0.25) is 0 Å². The van der Waals surface area contributed by atoms with Crippen molar-refractivity contribution in [2.75, 3.05) is 19.0 Å². The van der Waals surface area contributed by atoms with E-state index in [2.05, 4.69) is 10.1 Å². The number of carbonyl (C=O) groups excluding carboxylic acids is 2. The third-order valence-electron chi connectivity index (χ3n) is 2.90. The van der Waals surface area contributed by atoms with Crippen LogP contribution in [-0.2, 0) is 9.53 Å². The number of hydrogen-bond donors (Lipinski definition) is 1. The Hall–Kier alpha value is -3.33. The molecule has 6 heteroatoms. The van der Waals surface area contributed by atoms with E-state index >= 15 is 0 Å². The molecule has 0 spiro atoms. The zero-order valence-electron chi connectivity index (χ0n) is 12.4. The van der Waals surface area contributed by atoms with Crippen LogP contribution in [0.1, 0.15) is 15.9 Å². The summed E-state index contributed by atoms with van der Waals surface area (Å²) >= 11 is 0. The molecule has 2 rings (SSSR count). The van der Waals surface area contributed by atoms with Gasteiger partial charge in [0.2, 0.25) is 0 Å². The van der Waals surface area contributed by atoms with Crippen LogP contribution >= 0.6 is 0 Å². The molecule has 0 bridgehead atoms. The van der Waals surface area contributed by atoms with Crippen molar-refractivity contribution < 1.29 is 19.1 Å². The van der Waals surface area contributed by atoms with E-state index in [4.69, 9.17) is 10.00 Å². The molecule has 0 saturated carbocycles. The molecule has 0 aliphatic carbocycles. The highest BCUT2D eigenvalue weighted by Crippen LogP contribution is 2.14. The molecule has 0 fully saturated rings. The zero-order chi connectivity index (χ0) is 16.7. The summed E-state index contributed by atoms with van der Waals surface area (Å²) in [6, 6.07) is 14.9. The predicted molar refractivity (Wildman–Crippen MR) is 83.1 cm³/mol. The van der Waals surface area contributed by atoms with Gasteiger partial charge in [-0.15, -0.1) is 0 Å². The van der Waals surface area contributed by atoms with Crippen molar-refractivity contribution in [1.29, 1.82) is 5.26 Å². The average Bonchev–Trinajstić information content (AvgIpc) is 2.59. The van der Waals surface area contributed by atoms with E-state index in [-0.39, 0.29) is 12.5 Å². The highest BCUT2D eigenvalue weighted by molar-refractivity contribution is 5.95. The maximum Gasteiger partial charge on any atom is 0.337 e. The second-order valence-corrected chi connectivity index (χ2v) is 4.55. The Morgan fingerprint density at radius 3 is 2.70 bits per heavy atom. The summed E-state index contributed by atoms with van der Waals surface area (Å²) in [7, 11) is 1.29. The summed E-state index contributed by atoms with van der Waals surface area (Å²) in [6.45, 7) is -0.211. The van der Waals surface area contributed by atoms with E-state index < -0.39 is 5.97 Å². The lowest BCUT2D eigenvalue weighted by atomic mass is 10.2. The van der Waals surface area contributed by atoms with Crippen LogP contribution in [0.3, 0.4) is 0 Å². The normalized spacial score (nSPS) is 9.57. The first-order valence-electron chi connectivity index (χ1n) is 6.73. The molecule has 2 aromatic rings. The minimum Gasteiger partial charge on any atom is -0.484 e. The summed E-state index contributed by atoms with van der Waals surface area (Å²) in [4.78, 5) is 23.3. The van der Waals surface area contributed by atoms with E-state index in [1.54, 1.807) is 42.5 Å². The number of benzene rings is 2. The second-order valence-electron chi connectivity index (χ2n) is 4.55. The number of nitrogens with one attached hydrogen (secondary N) is 1. The Kier molecular flexibility index (Phi) is 5.31. The highest BCUT2D eigenvalue weighted by atomic mass is 16.5. The Morgan fingerprint density at radius 2 is 1.96 bits per heavy atom. The van der Waals surface area contributed by atoms with Crippen LogP contribution in [0.25, 0.3) is 0 Å². The molecule has 0 atom stereocenters. The summed E-state index contributed by atoms with van der Waals surface area (Å²) in [5, 5.41) is 11.4. The molecule has 0 aromatic heterocycles. The molecule has 0 radical (unpaired) electrons. The van der Waals surface area contributed by atoms with E-state index in [1.165, 1.54) is 13.2 Å². The maximum absolute atomic E-state index is 11.9. The predicted octanol–water partition coefficient (Wildman–Crippen LogP) is 2.36. The van der Waals surface area contributed by atoms with Crippen LogP contribution in [-0.4, -0.2) is 25.6 Å². The highest BCUT2D eigenvalue weighted by Gasteiger charge is 2.08. The SMILES string of the molecule is COC(=O)c1cccc(NC(=O)COc2cccc(C#N)c2)c1. The van der Waals surface area contributed by atoms with E-state index in [9.17, 15) is 9.59 Å². The molecule has 116 valence electrons. The number of nitriles is 1. The quantitative estimate of drug-likeness (QED) is 0.856. The molecular formula is C17H14N2O4. The molecule has 0 heterocycles. The molecule has 23 heavy (non-hydrogen) atoms. The lowest BCUT2D eigenvalue weighted by Gasteiger charge is -2.08. The number of rotatable bonds is 5. The van der Waals surface area contributed by atoms with Gasteiger partial charge in [-0.1, -0.05) is 12.1 Å². The lowest BCUT2D eigenvalue weighted by Crippen LogP contribution is -2.20. The van der Waals surface area contributed by atoms with E-state index in [0.29, 0.717) is 22.6 Å². The monoisotopic (exact) mass is 310 g/mol. The van der Waals surface area contributed by atoms with Crippen molar-refractivity contribution in [3.05, 3.63) is 59.7 Å². The Labute approximate surface area is 133 Å². The first kappa shape index (κ1) is 16.0. The number of anilines is 1. The van der Waals surface area contributed by atoms with Crippen LogP contribution in [0, 0.1) is 11.3 Å². The summed E-state index contributed by atoms with van der Waals surface area (Å²) < 4.78 is 9.95. The second kappa shape index (κ2) is 7.61. The summed E-state index contributed by atoms with van der Waals surface area (Å²) in [5.41, 5.74) is 1.26. The number of amides is 1. The van der Waals surface area contributed by atoms with Crippen LogP contribution in [0.5, 0.6) is 5.75 Å². The van der Waals surface area contributed by atoms with Gasteiger partial charge in [-0.25, -0.2) is 4.79 Å². The average molecular weight is 310 g/mol.